The molecule has 0 N–H and O–H groups in total. The van der Waals surface area contributed by atoms with Crippen molar-refractivity contribution in [3.63, 3.8) is 0 Å². The van der Waals surface area contributed by atoms with Crippen molar-refractivity contribution >= 4 is 50.4 Å². The standard InChI is InChI=1S/C34H34BrN5O5S/c1-42-21-45-25-15-23-9-6-10-28(35)31(23)26(16-25)30-17-29-27(20-43-30)32(38-33(37-29)46-2)39-13-14-40(24(18-39)11-12-36)34(41)44-19-22-7-4-3-5-8-22/h3-10,15-16,24,30H,11,13-14,17-21H2,1-2H3/t24-,30?/m0/s1. The van der Waals surface area contributed by atoms with Crippen LogP contribution in [0.4, 0.5) is 10.6 Å². The van der Waals surface area contributed by atoms with Crippen molar-refractivity contribution in [2.24, 2.45) is 0 Å². The van der Waals surface area contributed by atoms with Crippen molar-refractivity contribution in [3.05, 3.63) is 87.5 Å². The SMILES string of the molecule is COCOc1cc(C2Cc3nc(SC)nc(N4CCN(C(=O)OCc5ccccc5)[C@@H](CC#N)C4)c3CO2)c2c(Br)cccc2c1. The highest BCUT2D eigenvalue weighted by Gasteiger charge is 2.35. The largest absolute Gasteiger partial charge is 0.468 e. The summed E-state index contributed by atoms with van der Waals surface area (Å²) in [5.41, 5.74) is 3.77. The summed E-state index contributed by atoms with van der Waals surface area (Å²) in [7, 11) is 1.60. The molecule has 4 aromatic rings. The molecule has 10 nitrogen and oxygen atoms in total. The van der Waals surface area contributed by atoms with E-state index in [2.05, 4.69) is 33.0 Å². The van der Waals surface area contributed by atoms with Crippen molar-refractivity contribution in [1.82, 2.24) is 14.9 Å². The van der Waals surface area contributed by atoms with Crippen molar-refractivity contribution < 1.29 is 23.7 Å². The number of anilines is 1. The van der Waals surface area contributed by atoms with Gasteiger partial charge in [0.15, 0.2) is 11.9 Å². The minimum Gasteiger partial charge on any atom is -0.468 e. The summed E-state index contributed by atoms with van der Waals surface area (Å²) < 4.78 is 24.2. The molecule has 0 radical (unpaired) electrons. The normalized spacial score (nSPS) is 17.8. The maximum Gasteiger partial charge on any atom is 0.410 e. The molecule has 2 aliphatic heterocycles. The van der Waals surface area contributed by atoms with Crippen LogP contribution in [0.3, 0.4) is 0 Å². The van der Waals surface area contributed by atoms with E-state index in [1.54, 1.807) is 12.0 Å². The van der Waals surface area contributed by atoms with Crippen LogP contribution < -0.4 is 9.64 Å². The molecule has 12 heteroatoms. The smallest absolute Gasteiger partial charge is 0.410 e. The molecule has 3 heterocycles. The van der Waals surface area contributed by atoms with Crippen LogP contribution in [0.15, 0.2) is 70.3 Å². The summed E-state index contributed by atoms with van der Waals surface area (Å²) in [5.74, 6) is 1.49. The Balaban J connectivity index is 1.25. The van der Waals surface area contributed by atoms with Gasteiger partial charge in [-0.15, -0.1) is 0 Å². The lowest BCUT2D eigenvalue weighted by Crippen LogP contribution is -2.55. The average Bonchev–Trinajstić information content (AvgIpc) is 3.09. The third-order valence-electron chi connectivity index (χ3n) is 8.21. The Morgan fingerprint density at radius 2 is 2.00 bits per heavy atom. The molecule has 0 saturated carbocycles. The number of methoxy groups -OCH3 is 1. The van der Waals surface area contributed by atoms with Crippen LogP contribution in [-0.2, 0) is 33.8 Å². The summed E-state index contributed by atoms with van der Waals surface area (Å²) >= 11 is 5.23. The molecule has 1 saturated heterocycles. The number of nitrogens with zero attached hydrogens (tertiary/aromatic N) is 5. The molecule has 2 atom stereocenters. The Morgan fingerprint density at radius 3 is 2.78 bits per heavy atom. The van der Waals surface area contributed by atoms with Crippen LogP contribution in [0.25, 0.3) is 10.8 Å². The number of fused-ring (bicyclic) bond motifs is 2. The zero-order valence-corrected chi connectivity index (χ0v) is 28.1. The number of benzene rings is 3. The van der Waals surface area contributed by atoms with Gasteiger partial charge in [0.05, 0.1) is 36.9 Å². The van der Waals surface area contributed by atoms with Crippen molar-refractivity contribution in [1.29, 1.82) is 5.26 Å². The van der Waals surface area contributed by atoms with Gasteiger partial charge in [-0.2, -0.15) is 5.26 Å². The number of nitriles is 1. The molecule has 6 rings (SSSR count). The van der Waals surface area contributed by atoms with Crippen LogP contribution in [0.2, 0.25) is 0 Å². The maximum atomic E-state index is 13.1. The monoisotopic (exact) mass is 703 g/mol. The molecule has 0 bridgehead atoms. The minimum absolute atomic E-state index is 0.145. The van der Waals surface area contributed by atoms with Crippen LogP contribution in [0, 0.1) is 11.3 Å². The number of carbonyl (C=O) groups excluding carboxylic acids is 1. The number of amides is 1. The van der Waals surface area contributed by atoms with E-state index in [9.17, 15) is 10.1 Å². The number of hydrogen-bond donors (Lipinski definition) is 0. The lowest BCUT2D eigenvalue weighted by Gasteiger charge is -2.41. The van der Waals surface area contributed by atoms with Crippen molar-refractivity contribution in [2.45, 2.75) is 43.4 Å². The number of rotatable bonds is 9. The van der Waals surface area contributed by atoms with Gasteiger partial charge in [0.2, 0.25) is 0 Å². The number of aromatic nitrogens is 2. The van der Waals surface area contributed by atoms with Gasteiger partial charge in [-0.05, 0) is 41.0 Å². The highest BCUT2D eigenvalue weighted by molar-refractivity contribution is 9.10. The van der Waals surface area contributed by atoms with Gasteiger partial charge in [-0.3, -0.25) is 0 Å². The Morgan fingerprint density at radius 1 is 1.15 bits per heavy atom. The van der Waals surface area contributed by atoms with E-state index in [0.29, 0.717) is 43.6 Å². The van der Waals surface area contributed by atoms with E-state index in [-0.39, 0.29) is 32.0 Å². The van der Waals surface area contributed by atoms with Crippen LogP contribution >= 0.6 is 27.7 Å². The summed E-state index contributed by atoms with van der Waals surface area (Å²) in [6.45, 7) is 2.05. The Kier molecular flexibility index (Phi) is 10.2. The van der Waals surface area contributed by atoms with Crippen molar-refractivity contribution in [3.8, 4) is 11.8 Å². The molecule has 1 amide bonds. The molecule has 46 heavy (non-hydrogen) atoms. The van der Waals surface area contributed by atoms with Gasteiger partial charge in [0.1, 0.15) is 18.2 Å². The topological polar surface area (TPSA) is 110 Å². The zero-order chi connectivity index (χ0) is 32.0. The summed E-state index contributed by atoms with van der Waals surface area (Å²) in [6.07, 6.45) is 2.01. The second kappa shape index (κ2) is 14.7. The first-order valence-corrected chi connectivity index (χ1v) is 17.0. The molecule has 3 aromatic carbocycles. The highest BCUT2D eigenvalue weighted by atomic mass is 79.9. The van der Waals surface area contributed by atoms with Gasteiger partial charge >= 0.3 is 6.09 Å². The number of piperazine rings is 1. The van der Waals surface area contributed by atoms with Crippen LogP contribution in [0.5, 0.6) is 5.75 Å². The summed E-state index contributed by atoms with van der Waals surface area (Å²) in [4.78, 5) is 26.8. The van der Waals surface area contributed by atoms with Gasteiger partial charge in [-0.1, -0.05) is 70.2 Å². The average molecular weight is 705 g/mol. The maximum absolute atomic E-state index is 13.1. The second-order valence-electron chi connectivity index (χ2n) is 11.1. The van der Waals surface area contributed by atoms with Gasteiger partial charge in [0.25, 0.3) is 0 Å². The van der Waals surface area contributed by atoms with E-state index >= 15 is 0 Å². The first-order chi connectivity index (χ1) is 22.5. The van der Waals surface area contributed by atoms with Crippen LogP contribution in [-0.4, -0.2) is 66.8 Å². The van der Waals surface area contributed by atoms with Crippen LogP contribution in [0.1, 0.15) is 34.9 Å². The quantitative estimate of drug-likeness (QED) is 0.107. The highest BCUT2D eigenvalue weighted by Crippen LogP contribution is 2.41. The fraction of sp³-hybridized carbons (Fsp3) is 0.353. The number of halogens is 1. The fourth-order valence-electron chi connectivity index (χ4n) is 6.00. The third-order valence-corrected chi connectivity index (χ3v) is 9.42. The lowest BCUT2D eigenvalue weighted by atomic mass is 9.94. The molecular formula is C34H34BrN5O5S. The summed E-state index contributed by atoms with van der Waals surface area (Å²) in [5, 5.41) is 12.4. The Bertz CT molecular complexity index is 1750. The minimum atomic E-state index is -0.417. The van der Waals surface area contributed by atoms with Gasteiger partial charge in [0, 0.05) is 48.6 Å². The van der Waals surface area contributed by atoms with Gasteiger partial charge < -0.3 is 28.7 Å². The third kappa shape index (κ3) is 6.93. The molecule has 1 unspecified atom stereocenters. The fourth-order valence-corrected chi connectivity index (χ4v) is 6.99. The van der Waals surface area contributed by atoms with E-state index < -0.39 is 6.09 Å². The first kappa shape index (κ1) is 32.1. The molecule has 238 valence electrons. The summed E-state index contributed by atoms with van der Waals surface area (Å²) in [6, 6.07) is 21.6. The number of hydrogen-bond acceptors (Lipinski definition) is 10. The molecule has 0 spiro atoms. The molecule has 1 aromatic heterocycles. The van der Waals surface area contributed by atoms with E-state index in [4.69, 9.17) is 28.9 Å². The molecule has 2 aliphatic rings. The molecule has 1 fully saturated rings. The lowest BCUT2D eigenvalue weighted by molar-refractivity contribution is 0.0256. The number of ether oxygens (including phenoxy) is 4. The Hall–Kier alpha value is -3.89. The number of thioether (sulfide) groups is 1. The molecule has 0 aliphatic carbocycles. The van der Waals surface area contributed by atoms with E-state index in [1.807, 2.05) is 60.9 Å². The van der Waals surface area contributed by atoms with Gasteiger partial charge in [-0.25, -0.2) is 14.8 Å². The van der Waals surface area contributed by atoms with E-state index in [0.717, 1.165) is 43.4 Å². The predicted molar refractivity (Wildman–Crippen MR) is 179 cm³/mol. The molecular weight excluding hydrogens is 670 g/mol. The van der Waals surface area contributed by atoms with Crippen molar-refractivity contribution in [2.75, 3.05) is 44.7 Å². The second-order valence-corrected chi connectivity index (χ2v) is 12.7. The first-order valence-electron chi connectivity index (χ1n) is 15.0. The predicted octanol–water partition coefficient (Wildman–Crippen LogP) is 6.65. The number of carbonyl (C=O) groups is 1. The Labute approximate surface area is 280 Å². The van der Waals surface area contributed by atoms with E-state index in [1.165, 1.54) is 11.8 Å². The zero-order valence-electron chi connectivity index (χ0n) is 25.6.